The molecule has 4 heteroatoms. The summed E-state index contributed by atoms with van der Waals surface area (Å²) in [6, 6.07) is 0. The molecule has 0 aliphatic heterocycles. The van der Waals surface area contributed by atoms with Crippen molar-refractivity contribution in [3.63, 3.8) is 0 Å². The molecule has 0 spiro atoms. The summed E-state index contributed by atoms with van der Waals surface area (Å²) in [6.07, 6.45) is 1.70. The highest BCUT2D eigenvalue weighted by Crippen LogP contribution is 2.23. The molecule has 0 unspecified atom stereocenters. The zero-order chi connectivity index (χ0) is 10.1. The van der Waals surface area contributed by atoms with Crippen LogP contribution in [0.2, 0.25) is 5.02 Å². The number of halogens is 2. The predicted molar refractivity (Wildman–Crippen MR) is 59.5 cm³/mol. The molecule has 2 nitrogen and oxygen atoms in total. The Morgan fingerprint density at radius 1 is 1.62 bits per heavy atom. The SMILES string of the molecule is Cc1c(Cl)cnn1CC(C)(C)CBr. The van der Waals surface area contributed by atoms with Crippen LogP contribution in [0, 0.1) is 12.3 Å². The zero-order valence-corrected chi connectivity index (χ0v) is 10.5. The van der Waals surface area contributed by atoms with Gasteiger partial charge in [0, 0.05) is 11.9 Å². The average molecular weight is 266 g/mol. The molecule has 74 valence electrons. The molecule has 0 bridgehead atoms. The van der Waals surface area contributed by atoms with E-state index in [0.717, 1.165) is 22.6 Å². The third kappa shape index (κ3) is 2.71. The van der Waals surface area contributed by atoms with E-state index in [1.807, 2.05) is 11.6 Å². The van der Waals surface area contributed by atoms with Gasteiger partial charge in [-0.05, 0) is 12.3 Å². The Balaban J connectivity index is 2.80. The first-order valence-electron chi connectivity index (χ1n) is 4.20. The normalized spacial score (nSPS) is 12.1. The summed E-state index contributed by atoms with van der Waals surface area (Å²) in [5.74, 6) is 0. The third-order valence-electron chi connectivity index (χ3n) is 1.98. The van der Waals surface area contributed by atoms with Gasteiger partial charge in [-0.25, -0.2) is 0 Å². The van der Waals surface area contributed by atoms with Crippen molar-refractivity contribution in [3.8, 4) is 0 Å². The topological polar surface area (TPSA) is 17.8 Å². The lowest BCUT2D eigenvalue weighted by Gasteiger charge is -2.22. The van der Waals surface area contributed by atoms with Crippen molar-refractivity contribution in [2.75, 3.05) is 5.33 Å². The summed E-state index contributed by atoms with van der Waals surface area (Å²) in [5, 5.41) is 5.91. The van der Waals surface area contributed by atoms with Crippen LogP contribution in [0.25, 0.3) is 0 Å². The fraction of sp³-hybridized carbons (Fsp3) is 0.667. The molecule has 1 aromatic heterocycles. The maximum absolute atomic E-state index is 5.91. The maximum atomic E-state index is 5.91. The molecule has 0 atom stereocenters. The molecular formula is C9H14BrClN2. The third-order valence-corrected chi connectivity index (χ3v) is 3.87. The Hall–Kier alpha value is -0.0200. The van der Waals surface area contributed by atoms with Crippen LogP contribution in [0.3, 0.4) is 0 Å². The monoisotopic (exact) mass is 264 g/mol. The second-order valence-corrected chi connectivity index (χ2v) is 5.00. The van der Waals surface area contributed by atoms with Gasteiger partial charge < -0.3 is 0 Å². The smallest absolute Gasteiger partial charge is 0.0814 e. The Kier molecular flexibility index (Phi) is 3.41. The molecule has 0 saturated heterocycles. The minimum absolute atomic E-state index is 0.208. The molecule has 0 aliphatic carbocycles. The Morgan fingerprint density at radius 3 is 2.62 bits per heavy atom. The second-order valence-electron chi connectivity index (χ2n) is 4.03. The molecule has 1 heterocycles. The predicted octanol–water partition coefficient (Wildman–Crippen LogP) is 3.27. The van der Waals surface area contributed by atoms with Crippen LogP contribution in [0.1, 0.15) is 19.5 Å². The van der Waals surface area contributed by atoms with Crippen molar-refractivity contribution >= 4 is 27.5 Å². The van der Waals surface area contributed by atoms with E-state index in [1.54, 1.807) is 6.20 Å². The first-order valence-corrected chi connectivity index (χ1v) is 5.70. The molecule has 0 amide bonds. The highest BCUT2D eigenvalue weighted by atomic mass is 79.9. The summed E-state index contributed by atoms with van der Waals surface area (Å²) in [6.45, 7) is 7.25. The lowest BCUT2D eigenvalue weighted by atomic mass is 9.97. The van der Waals surface area contributed by atoms with E-state index in [0.29, 0.717) is 0 Å². The molecule has 1 rings (SSSR count). The van der Waals surface area contributed by atoms with E-state index in [4.69, 9.17) is 11.6 Å². The number of aromatic nitrogens is 2. The van der Waals surface area contributed by atoms with Crippen molar-refractivity contribution < 1.29 is 0 Å². The maximum Gasteiger partial charge on any atom is 0.0814 e. The van der Waals surface area contributed by atoms with Gasteiger partial charge in [0.1, 0.15) is 0 Å². The molecule has 0 aromatic carbocycles. The van der Waals surface area contributed by atoms with E-state index in [-0.39, 0.29) is 5.41 Å². The van der Waals surface area contributed by atoms with Crippen LogP contribution >= 0.6 is 27.5 Å². The van der Waals surface area contributed by atoms with Gasteiger partial charge in [-0.1, -0.05) is 41.4 Å². The van der Waals surface area contributed by atoms with Crippen LogP contribution in [0.4, 0.5) is 0 Å². The standard InChI is InChI=1S/C9H14BrClN2/c1-7-8(11)4-12-13(7)6-9(2,3)5-10/h4H,5-6H2,1-3H3. The largest absolute Gasteiger partial charge is 0.268 e. The van der Waals surface area contributed by atoms with Crippen molar-refractivity contribution in [3.05, 3.63) is 16.9 Å². The molecule has 0 radical (unpaired) electrons. The van der Waals surface area contributed by atoms with Crippen LogP contribution in [0.15, 0.2) is 6.20 Å². The number of rotatable bonds is 3. The number of hydrogen-bond donors (Lipinski definition) is 0. The minimum Gasteiger partial charge on any atom is -0.268 e. The lowest BCUT2D eigenvalue weighted by Crippen LogP contribution is -2.22. The van der Waals surface area contributed by atoms with E-state index >= 15 is 0 Å². The zero-order valence-electron chi connectivity index (χ0n) is 8.14. The van der Waals surface area contributed by atoms with Crippen LogP contribution in [-0.2, 0) is 6.54 Å². The number of nitrogens with zero attached hydrogens (tertiary/aromatic N) is 2. The second kappa shape index (κ2) is 4.01. The molecule has 0 aliphatic rings. The molecule has 1 aromatic rings. The lowest BCUT2D eigenvalue weighted by molar-refractivity contribution is 0.331. The summed E-state index contributed by atoms with van der Waals surface area (Å²) < 4.78 is 1.95. The molecule has 13 heavy (non-hydrogen) atoms. The fourth-order valence-corrected chi connectivity index (χ4v) is 1.35. The quantitative estimate of drug-likeness (QED) is 0.767. The van der Waals surface area contributed by atoms with E-state index < -0.39 is 0 Å². The van der Waals surface area contributed by atoms with E-state index in [2.05, 4.69) is 34.9 Å². The van der Waals surface area contributed by atoms with Crippen LogP contribution in [-0.4, -0.2) is 15.1 Å². The van der Waals surface area contributed by atoms with Crippen LogP contribution in [0.5, 0.6) is 0 Å². The summed E-state index contributed by atoms with van der Waals surface area (Å²) in [5.41, 5.74) is 1.25. The van der Waals surface area contributed by atoms with Crippen molar-refractivity contribution in [2.45, 2.75) is 27.3 Å². The van der Waals surface area contributed by atoms with Gasteiger partial charge in [0.25, 0.3) is 0 Å². The van der Waals surface area contributed by atoms with Crippen molar-refractivity contribution in [1.29, 1.82) is 0 Å². The fourth-order valence-electron chi connectivity index (χ4n) is 1.03. The highest BCUT2D eigenvalue weighted by molar-refractivity contribution is 9.09. The Bertz CT molecular complexity index is 294. The Morgan fingerprint density at radius 2 is 2.23 bits per heavy atom. The number of hydrogen-bond acceptors (Lipinski definition) is 1. The first-order chi connectivity index (χ1) is 5.96. The summed E-state index contributed by atoms with van der Waals surface area (Å²) in [4.78, 5) is 0. The molecule has 0 N–H and O–H groups in total. The molecule has 0 saturated carbocycles. The van der Waals surface area contributed by atoms with Gasteiger partial charge in [-0.15, -0.1) is 0 Å². The van der Waals surface area contributed by atoms with Gasteiger partial charge >= 0.3 is 0 Å². The van der Waals surface area contributed by atoms with Gasteiger partial charge in [0.15, 0.2) is 0 Å². The summed E-state index contributed by atoms with van der Waals surface area (Å²) in [7, 11) is 0. The average Bonchev–Trinajstić information content (AvgIpc) is 2.36. The van der Waals surface area contributed by atoms with Crippen LogP contribution < -0.4 is 0 Å². The van der Waals surface area contributed by atoms with Gasteiger partial charge in [-0.3, -0.25) is 4.68 Å². The first kappa shape index (κ1) is 11.1. The van der Waals surface area contributed by atoms with Gasteiger partial charge in [0.2, 0.25) is 0 Å². The van der Waals surface area contributed by atoms with Gasteiger partial charge in [-0.2, -0.15) is 5.10 Å². The summed E-state index contributed by atoms with van der Waals surface area (Å²) >= 11 is 9.39. The Labute approximate surface area is 92.4 Å². The van der Waals surface area contributed by atoms with E-state index in [9.17, 15) is 0 Å². The van der Waals surface area contributed by atoms with Crippen molar-refractivity contribution in [2.24, 2.45) is 5.41 Å². The highest BCUT2D eigenvalue weighted by Gasteiger charge is 2.18. The number of alkyl halides is 1. The van der Waals surface area contributed by atoms with E-state index in [1.165, 1.54) is 0 Å². The van der Waals surface area contributed by atoms with Gasteiger partial charge in [0.05, 0.1) is 16.9 Å². The molecule has 0 fully saturated rings. The van der Waals surface area contributed by atoms with Crippen molar-refractivity contribution in [1.82, 2.24) is 9.78 Å². The molecular weight excluding hydrogens is 251 g/mol. The minimum atomic E-state index is 0.208.